The molecule has 1 saturated heterocycles. The van der Waals surface area contributed by atoms with Gasteiger partial charge in [0.1, 0.15) is 0 Å². The molecule has 6 heteroatoms. The molecule has 3 heterocycles. The van der Waals surface area contributed by atoms with E-state index in [-0.39, 0.29) is 5.60 Å². The molecule has 2 aliphatic rings. The van der Waals surface area contributed by atoms with Crippen LogP contribution in [0.15, 0.2) is 23.1 Å². The van der Waals surface area contributed by atoms with Crippen LogP contribution >= 0.6 is 11.3 Å². The van der Waals surface area contributed by atoms with Gasteiger partial charge in [0.05, 0.1) is 17.9 Å². The highest BCUT2D eigenvalue weighted by Gasteiger charge is 2.41. The molecule has 1 aromatic rings. The summed E-state index contributed by atoms with van der Waals surface area (Å²) in [7, 11) is 0. The van der Waals surface area contributed by atoms with Gasteiger partial charge in [-0.2, -0.15) is 5.11 Å². The summed E-state index contributed by atoms with van der Waals surface area (Å²) in [6.07, 6.45) is 8.36. The third-order valence-corrected chi connectivity index (χ3v) is 7.41. The Bertz CT molecular complexity index is 657. The van der Waals surface area contributed by atoms with E-state index in [1.54, 1.807) is 4.88 Å². The van der Waals surface area contributed by atoms with Crippen molar-refractivity contribution < 1.29 is 4.74 Å². The number of aryl methyl sites for hydroxylation is 1. The normalized spacial score (nSPS) is 20.1. The summed E-state index contributed by atoms with van der Waals surface area (Å²) in [5.74, 6) is 0. The maximum absolute atomic E-state index is 7.51. The van der Waals surface area contributed by atoms with Gasteiger partial charge in [0.25, 0.3) is 0 Å². The second-order valence-corrected chi connectivity index (χ2v) is 8.92. The van der Waals surface area contributed by atoms with E-state index < -0.39 is 0 Å². The largest absolute Gasteiger partial charge is 0.387 e. The highest BCUT2D eigenvalue weighted by molar-refractivity contribution is 7.12. The Morgan fingerprint density at radius 3 is 2.74 bits per heavy atom. The summed E-state index contributed by atoms with van der Waals surface area (Å²) < 4.78 is 6.37. The first-order valence-corrected chi connectivity index (χ1v) is 11.3. The zero-order valence-corrected chi connectivity index (χ0v) is 17.8. The fraction of sp³-hybridized carbons (Fsp3) is 0.714. The molecule has 0 saturated carbocycles. The lowest BCUT2D eigenvalue weighted by Crippen LogP contribution is -2.46. The van der Waals surface area contributed by atoms with Crippen LogP contribution in [0.5, 0.6) is 0 Å². The summed E-state index contributed by atoms with van der Waals surface area (Å²) >= 11 is 1.98. The zero-order chi connectivity index (χ0) is 19.3. The van der Waals surface area contributed by atoms with Gasteiger partial charge in [0.2, 0.25) is 0 Å². The second-order valence-electron chi connectivity index (χ2n) is 7.70. The molecule has 5 nitrogen and oxygen atoms in total. The van der Waals surface area contributed by atoms with Gasteiger partial charge in [-0.15, -0.1) is 11.3 Å². The fourth-order valence-electron chi connectivity index (χ4n) is 4.21. The predicted octanol–water partition coefficient (Wildman–Crippen LogP) is 4.82. The lowest BCUT2D eigenvalue weighted by molar-refractivity contribution is -0.0961. The standard InChI is InChI=1S/C21H34N4OS/c1-4-16(5-2)23-14-17(24-22)15-25-10-8-21(9-11-25)19-13-18(6-3)27-20(19)7-12-26-21/h13-14,16,22-23H,4-12,15H2,1-3H3/b17-14-,24-22?. The molecule has 2 aliphatic heterocycles. The van der Waals surface area contributed by atoms with E-state index >= 15 is 0 Å². The van der Waals surface area contributed by atoms with Gasteiger partial charge in [-0.1, -0.05) is 20.8 Å². The molecule has 0 aromatic carbocycles. The van der Waals surface area contributed by atoms with Gasteiger partial charge in [0, 0.05) is 48.1 Å². The van der Waals surface area contributed by atoms with Crippen LogP contribution in [0.1, 0.15) is 61.8 Å². The molecule has 0 amide bonds. The Balaban J connectivity index is 1.61. The number of nitrogens with one attached hydrogen (secondary N) is 2. The SMILES string of the molecule is CCc1cc2c(s1)CCOC21CCN(C/C(=C/NC(CC)CC)N=N)CC1. The molecule has 1 fully saturated rings. The number of hydrogen-bond donors (Lipinski definition) is 2. The second kappa shape index (κ2) is 9.30. The highest BCUT2D eigenvalue weighted by Crippen LogP contribution is 2.44. The van der Waals surface area contributed by atoms with Crippen molar-refractivity contribution in [3.05, 3.63) is 33.3 Å². The van der Waals surface area contributed by atoms with Crippen LogP contribution in [0.4, 0.5) is 0 Å². The van der Waals surface area contributed by atoms with Crippen LogP contribution < -0.4 is 5.32 Å². The number of piperidine rings is 1. The summed E-state index contributed by atoms with van der Waals surface area (Å²) in [6.45, 7) is 10.2. The van der Waals surface area contributed by atoms with Crippen LogP contribution in [0.3, 0.4) is 0 Å². The van der Waals surface area contributed by atoms with Crippen molar-refractivity contribution in [1.82, 2.24) is 10.2 Å². The molecule has 2 N–H and O–H groups in total. The number of fused-ring (bicyclic) bond motifs is 2. The van der Waals surface area contributed by atoms with E-state index in [1.807, 2.05) is 17.5 Å². The van der Waals surface area contributed by atoms with Gasteiger partial charge >= 0.3 is 0 Å². The first-order valence-electron chi connectivity index (χ1n) is 10.4. The Hall–Kier alpha value is -1.24. The molecular weight excluding hydrogens is 356 g/mol. The minimum atomic E-state index is -0.0796. The number of rotatable bonds is 8. The Morgan fingerprint density at radius 1 is 1.37 bits per heavy atom. The Morgan fingerprint density at radius 2 is 2.11 bits per heavy atom. The lowest BCUT2D eigenvalue weighted by Gasteiger charge is -2.44. The van der Waals surface area contributed by atoms with E-state index in [9.17, 15) is 0 Å². The fourth-order valence-corrected chi connectivity index (χ4v) is 5.39. The first-order chi connectivity index (χ1) is 13.1. The summed E-state index contributed by atoms with van der Waals surface area (Å²) in [6, 6.07) is 2.87. The summed E-state index contributed by atoms with van der Waals surface area (Å²) in [4.78, 5) is 5.44. The van der Waals surface area contributed by atoms with E-state index in [4.69, 9.17) is 10.3 Å². The summed E-state index contributed by atoms with van der Waals surface area (Å²) in [5.41, 5.74) is 9.71. The first kappa shape index (κ1) is 20.5. The topological polar surface area (TPSA) is 60.7 Å². The number of nitrogens with zero attached hydrogens (tertiary/aromatic N) is 2. The lowest BCUT2D eigenvalue weighted by atomic mass is 9.82. The predicted molar refractivity (Wildman–Crippen MR) is 111 cm³/mol. The van der Waals surface area contributed by atoms with Gasteiger partial charge in [-0.3, -0.25) is 4.90 Å². The maximum atomic E-state index is 7.51. The van der Waals surface area contributed by atoms with E-state index in [1.165, 1.54) is 10.4 Å². The van der Waals surface area contributed by atoms with Crippen molar-refractivity contribution in [2.75, 3.05) is 26.2 Å². The minimum absolute atomic E-state index is 0.0796. The van der Waals surface area contributed by atoms with E-state index in [0.717, 1.165) is 70.5 Å². The third kappa shape index (κ3) is 4.61. The quantitative estimate of drug-likeness (QED) is 0.625. The molecule has 3 rings (SSSR count). The number of ether oxygens (including phenoxy) is 1. The van der Waals surface area contributed by atoms with Crippen LogP contribution in [0.25, 0.3) is 0 Å². The molecule has 1 spiro atoms. The molecule has 27 heavy (non-hydrogen) atoms. The highest BCUT2D eigenvalue weighted by atomic mass is 32.1. The minimum Gasteiger partial charge on any atom is -0.387 e. The molecule has 150 valence electrons. The van der Waals surface area contributed by atoms with Crippen molar-refractivity contribution in [3.63, 3.8) is 0 Å². The van der Waals surface area contributed by atoms with Crippen molar-refractivity contribution in [2.24, 2.45) is 5.11 Å². The monoisotopic (exact) mass is 390 g/mol. The maximum Gasteiger partial charge on any atom is 0.0966 e. The van der Waals surface area contributed by atoms with Crippen molar-refractivity contribution in [3.8, 4) is 0 Å². The van der Waals surface area contributed by atoms with Gasteiger partial charge < -0.3 is 10.1 Å². The van der Waals surface area contributed by atoms with E-state index in [0.29, 0.717) is 6.04 Å². The third-order valence-electron chi connectivity index (χ3n) is 6.07. The van der Waals surface area contributed by atoms with Crippen LogP contribution in [0, 0.1) is 5.53 Å². The van der Waals surface area contributed by atoms with Crippen molar-refractivity contribution in [2.45, 2.75) is 70.9 Å². The smallest absolute Gasteiger partial charge is 0.0966 e. The summed E-state index contributed by atoms with van der Waals surface area (Å²) in [5, 5.41) is 7.17. The number of hydrogen-bond acceptors (Lipinski definition) is 6. The van der Waals surface area contributed by atoms with Gasteiger partial charge in [-0.05, 0) is 43.7 Å². The van der Waals surface area contributed by atoms with E-state index in [2.05, 4.69) is 42.2 Å². The number of likely N-dealkylation sites (tertiary alicyclic amines) is 1. The molecule has 0 radical (unpaired) electrons. The van der Waals surface area contributed by atoms with Crippen LogP contribution in [0.2, 0.25) is 0 Å². The zero-order valence-electron chi connectivity index (χ0n) is 17.0. The average Bonchev–Trinajstić information content (AvgIpc) is 3.14. The van der Waals surface area contributed by atoms with Crippen LogP contribution in [-0.4, -0.2) is 37.2 Å². The molecule has 0 aliphatic carbocycles. The average molecular weight is 391 g/mol. The Kier molecular flexibility index (Phi) is 7.06. The van der Waals surface area contributed by atoms with Crippen molar-refractivity contribution in [1.29, 1.82) is 5.53 Å². The molecule has 1 aromatic heterocycles. The number of thiophene rings is 1. The Labute approximate surface area is 167 Å². The van der Waals surface area contributed by atoms with Crippen molar-refractivity contribution >= 4 is 11.3 Å². The molecule has 0 atom stereocenters. The van der Waals surface area contributed by atoms with Gasteiger partial charge in [-0.25, -0.2) is 5.53 Å². The van der Waals surface area contributed by atoms with Gasteiger partial charge in [0.15, 0.2) is 0 Å². The van der Waals surface area contributed by atoms with Crippen LogP contribution in [-0.2, 0) is 23.2 Å². The molecule has 0 bridgehead atoms. The molecule has 0 unspecified atom stereocenters. The molecular formula is C21H34N4OS.